The molecule has 90 valence electrons. The number of fused-ring (bicyclic) bond motifs is 1. The first-order valence-corrected chi connectivity index (χ1v) is 5.27. The predicted octanol–water partition coefficient (Wildman–Crippen LogP) is 1.96. The van der Waals surface area contributed by atoms with Gasteiger partial charge in [0.15, 0.2) is 5.78 Å². The molecule has 2 rings (SSSR count). The topological polar surface area (TPSA) is 63.6 Å². The van der Waals surface area contributed by atoms with Crippen LogP contribution in [0.3, 0.4) is 0 Å². The van der Waals surface area contributed by atoms with E-state index in [1.807, 2.05) is 0 Å². The van der Waals surface area contributed by atoms with E-state index in [1.54, 1.807) is 6.07 Å². The maximum absolute atomic E-state index is 12.8. The number of carbonyl (C=O) groups is 2. The van der Waals surface area contributed by atoms with Crippen LogP contribution in [-0.2, 0) is 11.2 Å². The summed E-state index contributed by atoms with van der Waals surface area (Å²) in [6.45, 7) is 0. The van der Waals surface area contributed by atoms with Crippen LogP contribution in [0.1, 0.15) is 28.8 Å². The monoisotopic (exact) mass is 238 g/mol. The first-order chi connectivity index (χ1) is 8.08. The quantitative estimate of drug-likeness (QED) is 0.874. The minimum atomic E-state index is -2.38. The molecule has 1 aromatic rings. The van der Waals surface area contributed by atoms with Crippen molar-refractivity contribution < 1.29 is 23.8 Å². The van der Waals surface area contributed by atoms with Gasteiger partial charge in [0.05, 0.1) is 0 Å². The summed E-state index contributed by atoms with van der Waals surface area (Å²) in [5, 5.41) is 8.37. The average Bonchev–Trinajstić information content (AvgIpc) is 2.29. The maximum Gasteiger partial charge on any atom is 0.378 e. The summed E-state index contributed by atoms with van der Waals surface area (Å²) in [4.78, 5) is 21.8. The van der Waals surface area contributed by atoms with E-state index in [0.717, 1.165) is 18.4 Å². The molecule has 0 aromatic heterocycles. The van der Waals surface area contributed by atoms with Gasteiger partial charge in [-0.15, -0.1) is 0 Å². The molecule has 0 fully saturated rings. The Labute approximate surface area is 97.0 Å². The molecule has 0 saturated heterocycles. The molecule has 0 radical (unpaired) electrons. The van der Waals surface area contributed by atoms with E-state index >= 15 is 0 Å². The number of aryl methyl sites for hydroxylation is 1. The van der Waals surface area contributed by atoms with Gasteiger partial charge in [-0.1, -0.05) is 0 Å². The number of carboxylic acid groups (broad SMARTS) is 1. The molecule has 0 saturated carbocycles. The van der Waals surface area contributed by atoms with Gasteiger partial charge in [0.25, 0.3) is 0 Å². The van der Waals surface area contributed by atoms with Crippen molar-refractivity contribution in [2.24, 2.45) is 0 Å². The first kappa shape index (κ1) is 11.6. The Hall–Kier alpha value is -1.91. The minimum Gasteiger partial charge on any atom is -0.476 e. The summed E-state index contributed by atoms with van der Waals surface area (Å²) in [5.74, 6) is -1.47. The standard InChI is InChI=1S/C12H11FO4/c13-11(12(15)16)17-8-4-5-9-7(6-8)2-1-3-10(9)14/h4-6,11H,1-3H2,(H,15,16). The normalized spacial score (nSPS) is 16.2. The van der Waals surface area contributed by atoms with Crippen LogP contribution < -0.4 is 4.74 Å². The van der Waals surface area contributed by atoms with Gasteiger partial charge in [-0.2, -0.15) is 4.39 Å². The lowest BCUT2D eigenvalue weighted by molar-refractivity contribution is -0.153. The van der Waals surface area contributed by atoms with Crippen molar-refractivity contribution in [3.8, 4) is 5.75 Å². The van der Waals surface area contributed by atoms with E-state index in [0.29, 0.717) is 12.0 Å². The van der Waals surface area contributed by atoms with Crippen LogP contribution in [0.2, 0.25) is 0 Å². The van der Waals surface area contributed by atoms with Gasteiger partial charge in [0.2, 0.25) is 0 Å². The van der Waals surface area contributed by atoms with E-state index in [1.165, 1.54) is 12.1 Å². The van der Waals surface area contributed by atoms with E-state index in [-0.39, 0.29) is 11.5 Å². The average molecular weight is 238 g/mol. The smallest absolute Gasteiger partial charge is 0.378 e. The zero-order valence-electron chi connectivity index (χ0n) is 8.98. The van der Waals surface area contributed by atoms with Gasteiger partial charge in [-0.25, -0.2) is 4.79 Å². The number of aliphatic carboxylic acids is 1. The third-order valence-electron chi connectivity index (χ3n) is 2.66. The molecule has 1 aromatic carbocycles. The highest BCUT2D eigenvalue weighted by molar-refractivity contribution is 5.98. The summed E-state index contributed by atoms with van der Waals surface area (Å²) >= 11 is 0. The van der Waals surface area contributed by atoms with Crippen LogP contribution in [0, 0.1) is 0 Å². The molecule has 1 N–H and O–H groups in total. The molecule has 1 aliphatic carbocycles. The highest BCUT2D eigenvalue weighted by Gasteiger charge is 2.20. The fourth-order valence-electron chi connectivity index (χ4n) is 1.87. The lowest BCUT2D eigenvalue weighted by Crippen LogP contribution is -2.21. The fraction of sp³-hybridized carbons (Fsp3) is 0.333. The SMILES string of the molecule is O=C1CCCc2cc(OC(F)C(=O)O)ccc21. The van der Waals surface area contributed by atoms with E-state index in [2.05, 4.69) is 4.74 Å². The molecule has 1 unspecified atom stereocenters. The van der Waals surface area contributed by atoms with Crippen LogP contribution in [0.4, 0.5) is 4.39 Å². The van der Waals surface area contributed by atoms with Crippen molar-refractivity contribution in [1.82, 2.24) is 0 Å². The van der Waals surface area contributed by atoms with Crippen LogP contribution in [0.25, 0.3) is 0 Å². The fourth-order valence-corrected chi connectivity index (χ4v) is 1.87. The number of carboxylic acids is 1. The number of hydrogen-bond donors (Lipinski definition) is 1. The predicted molar refractivity (Wildman–Crippen MR) is 56.9 cm³/mol. The molecule has 5 heteroatoms. The van der Waals surface area contributed by atoms with E-state index in [4.69, 9.17) is 5.11 Å². The molecule has 0 bridgehead atoms. The van der Waals surface area contributed by atoms with Crippen LogP contribution >= 0.6 is 0 Å². The number of hydrogen-bond acceptors (Lipinski definition) is 3. The summed E-state index contributed by atoms with van der Waals surface area (Å²) in [6.07, 6.45) is -0.378. The molecule has 0 spiro atoms. The van der Waals surface area contributed by atoms with Gasteiger partial charge in [-0.3, -0.25) is 4.79 Å². The molecule has 4 nitrogen and oxygen atoms in total. The molecule has 0 aliphatic heterocycles. The number of ether oxygens (including phenoxy) is 1. The summed E-state index contributed by atoms with van der Waals surface area (Å²) in [6, 6.07) is 4.50. The third kappa shape index (κ3) is 2.43. The molecule has 17 heavy (non-hydrogen) atoms. The number of halogens is 1. The third-order valence-corrected chi connectivity index (χ3v) is 2.66. The Morgan fingerprint density at radius 2 is 2.18 bits per heavy atom. The number of benzene rings is 1. The number of ketones is 1. The van der Waals surface area contributed by atoms with Crippen LogP contribution in [-0.4, -0.2) is 23.2 Å². The lowest BCUT2D eigenvalue weighted by atomic mass is 9.90. The van der Waals surface area contributed by atoms with E-state index < -0.39 is 12.3 Å². The van der Waals surface area contributed by atoms with Crippen molar-refractivity contribution in [3.05, 3.63) is 29.3 Å². The lowest BCUT2D eigenvalue weighted by Gasteiger charge is -2.16. The molecular weight excluding hydrogens is 227 g/mol. The Morgan fingerprint density at radius 1 is 1.41 bits per heavy atom. The number of carbonyl (C=O) groups excluding carboxylic acids is 1. The zero-order valence-corrected chi connectivity index (χ0v) is 8.98. The Bertz CT molecular complexity index is 470. The summed E-state index contributed by atoms with van der Waals surface area (Å²) < 4.78 is 17.4. The van der Waals surface area contributed by atoms with Crippen LogP contribution in [0.15, 0.2) is 18.2 Å². The van der Waals surface area contributed by atoms with Crippen molar-refractivity contribution in [2.45, 2.75) is 25.6 Å². The van der Waals surface area contributed by atoms with Crippen molar-refractivity contribution >= 4 is 11.8 Å². The van der Waals surface area contributed by atoms with Gasteiger partial charge >= 0.3 is 12.3 Å². The number of rotatable bonds is 3. The number of alkyl halides is 1. The number of Topliss-reactive ketones (excluding diaryl/α,β-unsaturated/α-hetero) is 1. The Kier molecular flexibility index (Phi) is 3.08. The molecule has 0 heterocycles. The van der Waals surface area contributed by atoms with Gasteiger partial charge in [-0.05, 0) is 36.6 Å². The first-order valence-electron chi connectivity index (χ1n) is 5.27. The zero-order chi connectivity index (χ0) is 12.4. The minimum absolute atomic E-state index is 0.0628. The summed E-state index contributed by atoms with van der Waals surface area (Å²) in [7, 11) is 0. The Morgan fingerprint density at radius 3 is 2.88 bits per heavy atom. The molecule has 1 aliphatic rings. The van der Waals surface area contributed by atoms with Crippen molar-refractivity contribution in [3.63, 3.8) is 0 Å². The Balaban J connectivity index is 2.21. The molecule has 0 amide bonds. The van der Waals surface area contributed by atoms with Gasteiger partial charge in [0.1, 0.15) is 5.75 Å². The highest BCUT2D eigenvalue weighted by Crippen LogP contribution is 2.26. The molecular formula is C12H11FO4. The summed E-state index contributed by atoms with van der Waals surface area (Å²) in [5.41, 5.74) is 1.41. The maximum atomic E-state index is 12.8. The van der Waals surface area contributed by atoms with Gasteiger partial charge in [0, 0.05) is 12.0 Å². The second-order valence-electron chi connectivity index (χ2n) is 3.87. The molecule has 1 atom stereocenters. The van der Waals surface area contributed by atoms with Crippen molar-refractivity contribution in [1.29, 1.82) is 0 Å². The second kappa shape index (κ2) is 4.53. The van der Waals surface area contributed by atoms with Crippen molar-refractivity contribution in [2.75, 3.05) is 0 Å². The van der Waals surface area contributed by atoms with Crippen LogP contribution in [0.5, 0.6) is 5.75 Å². The highest BCUT2D eigenvalue weighted by atomic mass is 19.1. The largest absolute Gasteiger partial charge is 0.476 e. The van der Waals surface area contributed by atoms with Gasteiger partial charge < -0.3 is 9.84 Å². The second-order valence-corrected chi connectivity index (χ2v) is 3.87. The van der Waals surface area contributed by atoms with E-state index in [9.17, 15) is 14.0 Å².